The number of aromatic nitrogens is 3. The fourth-order valence-corrected chi connectivity index (χ4v) is 13.6. The fraction of sp³-hybridized carbons (Fsp3) is 0.727. The third kappa shape index (κ3) is 5.30. The van der Waals surface area contributed by atoms with Gasteiger partial charge in [0, 0.05) is 29.6 Å². The number of hydrogen-bond acceptors (Lipinski definition) is 4. The highest BCUT2D eigenvalue weighted by atomic mass is 16.2. The largest absolute Gasteiger partial charge is 0.326 e. The van der Waals surface area contributed by atoms with E-state index in [-0.39, 0.29) is 33.0 Å². The quantitative estimate of drug-likeness (QED) is 0.211. The fourth-order valence-electron chi connectivity index (χ4n) is 13.6. The minimum atomic E-state index is -0.365. The van der Waals surface area contributed by atoms with Crippen LogP contribution in [0.1, 0.15) is 138 Å². The van der Waals surface area contributed by atoms with Gasteiger partial charge in [-0.15, -0.1) is 5.10 Å². The van der Waals surface area contributed by atoms with Gasteiger partial charge in [0.15, 0.2) is 0 Å². The minimum Gasteiger partial charge on any atom is -0.326 e. The van der Waals surface area contributed by atoms with Crippen LogP contribution >= 0.6 is 0 Å². The standard InChI is InChI=1S/C44H64N4O2/c1-9-10-11-12-27-48-28-34(46-47-48)30-13-15-31(16-14-30)45-39(50)44-24-19-32(29(2)3)38(44)33-17-18-36-41(6)22-21-37(49)40(4,5)35(41)20-23-43(36,8)42(33,7)25-26-44/h13-16,28,32-33,35-36,38H,2,9-12,17-27H2,1,3-8H3,(H,45,50)/t32-,33+,35-,36+,38+,41-,42+,43+,44-/m0/s1. The Labute approximate surface area is 302 Å². The highest BCUT2D eigenvalue weighted by Crippen LogP contribution is 2.77. The number of Topliss-reactive ketones (excluding diaryl/α,β-unsaturated/α-hetero) is 1. The van der Waals surface area contributed by atoms with E-state index in [4.69, 9.17) is 0 Å². The van der Waals surface area contributed by atoms with Gasteiger partial charge in [-0.25, -0.2) is 0 Å². The molecule has 6 nitrogen and oxygen atoms in total. The van der Waals surface area contributed by atoms with E-state index in [0.29, 0.717) is 35.4 Å². The highest BCUT2D eigenvalue weighted by molar-refractivity contribution is 5.96. The van der Waals surface area contributed by atoms with Crippen molar-refractivity contribution in [2.24, 2.45) is 56.7 Å². The van der Waals surface area contributed by atoms with Gasteiger partial charge in [-0.05, 0) is 129 Å². The van der Waals surface area contributed by atoms with Gasteiger partial charge in [-0.2, -0.15) is 0 Å². The zero-order chi connectivity index (χ0) is 35.7. The van der Waals surface area contributed by atoms with Crippen LogP contribution in [0.2, 0.25) is 0 Å². The number of aryl methyl sites for hydroxylation is 1. The topological polar surface area (TPSA) is 76.9 Å². The summed E-state index contributed by atoms with van der Waals surface area (Å²) < 4.78 is 1.95. The van der Waals surface area contributed by atoms with Crippen molar-refractivity contribution in [3.63, 3.8) is 0 Å². The molecule has 1 heterocycles. The van der Waals surface area contributed by atoms with E-state index >= 15 is 0 Å². The molecule has 6 heteroatoms. The third-order valence-corrected chi connectivity index (χ3v) is 16.5. The summed E-state index contributed by atoms with van der Waals surface area (Å²) in [7, 11) is 0. The van der Waals surface area contributed by atoms with Crippen molar-refractivity contribution in [2.75, 3.05) is 5.32 Å². The van der Waals surface area contributed by atoms with Crippen LogP contribution < -0.4 is 5.32 Å². The Kier molecular flexibility index (Phi) is 9.07. The van der Waals surface area contributed by atoms with Crippen LogP contribution in [0, 0.1) is 56.7 Å². The number of rotatable bonds is 9. The number of anilines is 1. The summed E-state index contributed by atoms with van der Waals surface area (Å²) in [5.74, 6) is 2.98. The van der Waals surface area contributed by atoms with Gasteiger partial charge < -0.3 is 5.32 Å². The number of unbranched alkanes of at least 4 members (excludes halogenated alkanes) is 3. The molecule has 0 aliphatic heterocycles. The summed E-state index contributed by atoms with van der Waals surface area (Å²) in [6.07, 6.45) is 17.5. The van der Waals surface area contributed by atoms with Crippen molar-refractivity contribution in [1.29, 1.82) is 0 Å². The molecule has 5 aliphatic rings. The van der Waals surface area contributed by atoms with E-state index in [1.54, 1.807) is 0 Å². The number of carbonyl (C=O) groups is 2. The number of allylic oxidation sites excluding steroid dienone is 1. The summed E-state index contributed by atoms with van der Waals surface area (Å²) in [4.78, 5) is 27.9. The average molecular weight is 681 g/mol. The molecule has 272 valence electrons. The molecule has 1 N–H and O–H groups in total. The molecule has 0 spiro atoms. The van der Waals surface area contributed by atoms with Crippen LogP contribution in [0.3, 0.4) is 0 Å². The van der Waals surface area contributed by atoms with Crippen LogP contribution in [-0.2, 0) is 16.1 Å². The van der Waals surface area contributed by atoms with Gasteiger partial charge >= 0.3 is 0 Å². The van der Waals surface area contributed by atoms with E-state index in [2.05, 4.69) is 82.8 Å². The summed E-state index contributed by atoms with van der Waals surface area (Å²) >= 11 is 0. The predicted molar refractivity (Wildman–Crippen MR) is 202 cm³/mol. The highest BCUT2D eigenvalue weighted by Gasteiger charge is 2.71. The van der Waals surface area contributed by atoms with E-state index in [1.807, 2.05) is 23.0 Å². The first-order chi connectivity index (χ1) is 23.7. The van der Waals surface area contributed by atoms with Crippen molar-refractivity contribution in [3.8, 4) is 11.3 Å². The summed E-state index contributed by atoms with van der Waals surface area (Å²) in [5, 5.41) is 12.2. The molecule has 0 bridgehead atoms. The first kappa shape index (κ1) is 35.6. The van der Waals surface area contributed by atoms with Gasteiger partial charge in [0.05, 0.1) is 11.6 Å². The molecule has 1 aromatic heterocycles. The maximum absolute atomic E-state index is 14.7. The Morgan fingerprint density at radius 1 is 0.900 bits per heavy atom. The van der Waals surface area contributed by atoms with Gasteiger partial charge in [0.25, 0.3) is 0 Å². The van der Waals surface area contributed by atoms with Gasteiger partial charge in [0.2, 0.25) is 5.91 Å². The average Bonchev–Trinajstić information content (AvgIpc) is 3.72. The van der Waals surface area contributed by atoms with Crippen molar-refractivity contribution < 1.29 is 9.59 Å². The Morgan fingerprint density at radius 3 is 2.38 bits per heavy atom. The molecule has 9 atom stereocenters. The second-order valence-corrected chi connectivity index (χ2v) is 18.9. The monoisotopic (exact) mass is 681 g/mol. The molecule has 5 fully saturated rings. The number of carbonyl (C=O) groups excluding carboxylic acids is 2. The van der Waals surface area contributed by atoms with E-state index in [1.165, 1.54) is 44.1 Å². The molecular weight excluding hydrogens is 617 g/mol. The SMILES string of the molecule is C=C(C)[C@@H]1CC[C@]2(C(=O)Nc3ccc(-c4cn(CCCCCC)nn4)cc3)CC[C@]3(C)[C@H](CC[C@@H]4[C@@]5(C)CCC(=O)C(C)(C)[C@@H]5CC[C@]43C)[C@@H]12. The molecule has 2 aromatic rings. The molecule has 50 heavy (non-hydrogen) atoms. The van der Waals surface area contributed by atoms with E-state index < -0.39 is 0 Å². The van der Waals surface area contributed by atoms with Crippen molar-refractivity contribution in [3.05, 3.63) is 42.6 Å². The molecule has 5 saturated carbocycles. The lowest BCUT2D eigenvalue weighted by molar-refractivity contribution is -0.232. The van der Waals surface area contributed by atoms with E-state index in [0.717, 1.165) is 74.9 Å². The Balaban J connectivity index is 1.12. The number of nitrogens with zero attached hydrogens (tertiary/aromatic N) is 3. The number of amides is 1. The van der Waals surface area contributed by atoms with Gasteiger partial charge in [0.1, 0.15) is 11.5 Å². The lowest BCUT2D eigenvalue weighted by Crippen LogP contribution is -2.67. The van der Waals surface area contributed by atoms with Crippen LogP contribution in [0.5, 0.6) is 0 Å². The number of nitrogens with one attached hydrogen (secondary N) is 1. The molecule has 5 aliphatic carbocycles. The van der Waals surface area contributed by atoms with E-state index in [9.17, 15) is 9.59 Å². The number of benzene rings is 1. The zero-order valence-corrected chi connectivity index (χ0v) is 32.2. The van der Waals surface area contributed by atoms with Gasteiger partial charge in [-0.1, -0.05) is 90.3 Å². The predicted octanol–water partition coefficient (Wildman–Crippen LogP) is 10.7. The Hall–Kier alpha value is -2.76. The maximum Gasteiger partial charge on any atom is 0.230 e. The Morgan fingerprint density at radius 2 is 1.66 bits per heavy atom. The normalized spacial score (nSPS) is 38.8. The lowest BCUT2D eigenvalue weighted by Gasteiger charge is -2.72. The summed E-state index contributed by atoms with van der Waals surface area (Å²) in [5.41, 5.74) is 3.99. The van der Waals surface area contributed by atoms with Crippen LogP contribution in [0.25, 0.3) is 11.3 Å². The second kappa shape index (κ2) is 12.7. The second-order valence-electron chi connectivity index (χ2n) is 18.9. The molecule has 7 rings (SSSR count). The molecule has 1 amide bonds. The van der Waals surface area contributed by atoms with Crippen LogP contribution in [0.4, 0.5) is 5.69 Å². The third-order valence-electron chi connectivity index (χ3n) is 16.5. The first-order valence-electron chi connectivity index (χ1n) is 20.2. The molecule has 0 unspecified atom stereocenters. The molecule has 0 radical (unpaired) electrons. The molecule has 1 aromatic carbocycles. The van der Waals surface area contributed by atoms with Crippen molar-refractivity contribution in [2.45, 2.75) is 145 Å². The van der Waals surface area contributed by atoms with Crippen LogP contribution in [0.15, 0.2) is 42.6 Å². The minimum absolute atomic E-state index is 0.164. The summed E-state index contributed by atoms with van der Waals surface area (Å²) in [6.45, 7) is 22.2. The first-order valence-corrected chi connectivity index (χ1v) is 20.2. The van der Waals surface area contributed by atoms with Crippen molar-refractivity contribution >= 4 is 17.4 Å². The molecular formula is C44H64N4O2. The van der Waals surface area contributed by atoms with Crippen LogP contribution in [-0.4, -0.2) is 26.7 Å². The molecule has 0 saturated heterocycles. The number of hydrogen-bond donors (Lipinski definition) is 1. The summed E-state index contributed by atoms with van der Waals surface area (Å²) in [6, 6.07) is 8.22. The smallest absolute Gasteiger partial charge is 0.230 e. The zero-order valence-electron chi connectivity index (χ0n) is 32.2. The van der Waals surface area contributed by atoms with Crippen molar-refractivity contribution in [1.82, 2.24) is 15.0 Å². The van der Waals surface area contributed by atoms with Gasteiger partial charge in [-0.3, -0.25) is 14.3 Å². The maximum atomic E-state index is 14.7. The number of fused-ring (bicyclic) bond motifs is 7. The Bertz CT molecular complexity index is 1620. The number of ketones is 1. The lowest BCUT2D eigenvalue weighted by atomic mass is 9.32.